The minimum atomic E-state index is -0.141. The third kappa shape index (κ3) is 2.73. The van der Waals surface area contributed by atoms with E-state index >= 15 is 0 Å². The van der Waals surface area contributed by atoms with Crippen LogP contribution in [-0.4, -0.2) is 28.0 Å². The first kappa shape index (κ1) is 13.6. The molecule has 1 aromatic heterocycles. The van der Waals surface area contributed by atoms with E-state index in [9.17, 15) is 4.79 Å². The Morgan fingerprint density at radius 2 is 2.25 bits per heavy atom. The van der Waals surface area contributed by atoms with Crippen LogP contribution in [0.25, 0.3) is 0 Å². The predicted octanol–water partition coefficient (Wildman–Crippen LogP) is 1.36. The highest BCUT2D eigenvalue weighted by Crippen LogP contribution is 2.28. The van der Waals surface area contributed by atoms with Crippen molar-refractivity contribution in [2.24, 2.45) is 11.8 Å². The minimum Gasteiger partial charge on any atom is -0.352 e. The quantitative estimate of drug-likeness (QED) is 0.764. The Balaban J connectivity index is 1.57. The van der Waals surface area contributed by atoms with Crippen molar-refractivity contribution < 1.29 is 4.79 Å². The van der Waals surface area contributed by atoms with Gasteiger partial charge in [0.1, 0.15) is 0 Å². The number of hydrogen-bond donors (Lipinski definition) is 3. The molecule has 20 heavy (non-hydrogen) atoms. The minimum absolute atomic E-state index is 0.130. The fraction of sp³-hybridized carbons (Fsp3) is 0.733. The number of imidazole rings is 1. The van der Waals surface area contributed by atoms with Crippen molar-refractivity contribution in [3.05, 3.63) is 17.7 Å². The molecule has 3 N–H and O–H groups in total. The Kier molecular flexibility index (Phi) is 3.78. The molecular formula is C15H24N4O. The van der Waals surface area contributed by atoms with Gasteiger partial charge >= 0.3 is 0 Å². The van der Waals surface area contributed by atoms with Gasteiger partial charge in [-0.15, -0.1) is 0 Å². The highest BCUT2D eigenvalue weighted by Gasteiger charge is 2.30. The third-order valence-electron chi connectivity index (χ3n) is 4.81. The Bertz CT molecular complexity index is 484. The molecule has 1 fully saturated rings. The van der Waals surface area contributed by atoms with Crippen LogP contribution in [0.2, 0.25) is 0 Å². The number of aromatic nitrogens is 2. The third-order valence-corrected chi connectivity index (χ3v) is 4.81. The van der Waals surface area contributed by atoms with E-state index in [-0.39, 0.29) is 11.9 Å². The maximum atomic E-state index is 12.4. The number of amides is 1. The van der Waals surface area contributed by atoms with Crippen LogP contribution in [0.15, 0.2) is 6.33 Å². The lowest BCUT2D eigenvalue weighted by molar-refractivity contribution is -0.124. The van der Waals surface area contributed by atoms with Crippen LogP contribution < -0.4 is 10.6 Å². The second-order valence-electron chi connectivity index (χ2n) is 6.48. The number of nitrogens with zero attached hydrogens (tertiary/aromatic N) is 1. The van der Waals surface area contributed by atoms with Crippen LogP contribution in [0, 0.1) is 11.8 Å². The van der Waals surface area contributed by atoms with Crippen LogP contribution in [0.3, 0.4) is 0 Å². The highest BCUT2D eigenvalue weighted by atomic mass is 16.2. The van der Waals surface area contributed by atoms with E-state index in [4.69, 9.17) is 0 Å². The largest absolute Gasteiger partial charge is 0.352 e. The van der Waals surface area contributed by atoms with E-state index in [0.29, 0.717) is 24.9 Å². The molecule has 110 valence electrons. The van der Waals surface area contributed by atoms with Crippen molar-refractivity contribution in [3.8, 4) is 0 Å². The number of carbonyl (C=O) groups is 1. The van der Waals surface area contributed by atoms with Gasteiger partial charge in [-0.25, -0.2) is 4.98 Å². The smallest absolute Gasteiger partial charge is 0.237 e. The van der Waals surface area contributed by atoms with Crippen molar-refractivity contribution in [2.45, 2.75) is 58.2 Å². The van der Waals surface area contributed by atoms with Gasteiger partial charge < -0.3 is 10.3 Å². The normalized spacial score (nSPS) is 33.5. The number of nitrogens with one attached hydrogen (secondary N) is 3. The maximum Gasteiger partial charge on any atom is 0.237 e. The molecule has 0 bridgehead atoms. The molecule has 1 saturated carbocycles. The zero-order valence-electron chi connectivity index (χ0n) is 12.3. The summed E-state index contributed by atoms with van der Waals surface area (Å²) >= 11 is 0. The molecule has 3 rings (SSSR count). The van der Waals surface area contributed by atoms with Crippen LogP contribution >= 0.6 is 0 Å². The molecule has 1 aliphatic heterocycles. The first-order valence-corrected chi connectivity index (χ1v) is 7.68. The topological polar surface area (TPSA) is 69.8 Å². The molecule has 5 nitrogen and oxygen atoms in total. The summed E-state index contributed by atoms with van der Waals surface area (Å²) in [7, 11) is 0. The van der Waals surface area contributed by atoms with Crippen LogP contribution in [0.1, 0.15) is 44.5 Å². The number of aromatic amines is 1. The Labute approximate surface area is 119 Å². The number of fused-ring (bicyclic) bond motifs is 1. The number of hydrogen-bond acceptors (Lipinski definition) is 3. The fourth-order valence-electron chi connectivity index (χ4n) is 3.52. The second-order valence-corrected chi connectivity index (χ2v) is 6.48. The van der Waals surface area contributed by atoms with Crippen molar-refractivity contribution in [3.63, 3.8) is 0 Å². The average molecular weight is 276 g/mol. The highest BCUT2D eigenvalue weighted by molar-refractivity contribution is 5.82. The monoisotopic (exact) mass is 276 g/mol. The van der Waals surface area contributed by atoms with Crippen LogP contribution in [-0.2, 0) is 17.8 Å². The lowest BCUT2D eigenvalue weighted by Gasteiger charge is -2.34. The fourth-order valence-corrected chi connectivity index (χ4v) is 3.52. The zero-order chi connectivity index (χ0) is 14.1. The SMILES string of the molecule is CC1CCC(NC(=O)C2Cc3nc[nH]c3CN2)C(C)C1. The number of rotatable bonds is 2. The second kappa shape index (κ2) is 5.56. The molecule has 0 radical (unpaired) electrons. The number of carbonyl (C=O) groups excluding carboxylic acids is 1. The molecular weight excluding hydrogens is 252 g/mol. The van der Waals surface area contributed by atoms with Gasteiger partial charge in [-0.1, -0.05) is 13.8 Å². The molecule has 2 aliphatic rings. The molecule has 1 amide bonds. The van der Waals surface area contributed by atoms with Crippen molar-refractivity contribution in [1.29, 1.82) is 0 Å². The summed E-state index contributed by atoms with van der Waals surface area (Å²) in [4.78, 5) is 19.8. The molecule has 4 atom stereocenters. The predicted molar refractivity (Wildman–Crippen MR) is 77.0 cm³/mol. The average Bonchev–Trinajstić information content (AvgIpc) is 2.89. The summed E-state index contributed by atoms with van der Waals surface area (Å²) in [6, 6.07) is 0.193. The molecule has 0 aromatic carbocycles. The molecule has 1 aromatic rings. The summed E-state index contributed by atoms with van der Waals surface area (Å²) in [5.74, 6) is 1.50. The standard InChI is InChI=1S/C15H24N4O/c1-9-3-4-11(10(2)5-9)19-15(20)13-6-12-14(7-16-13)18-8-17-12/h8-11,13,16H,3-7H2,1-2H3,(H,17,18)(H,19,20). The van der Waals surface area contributed by atoms with Crippen LogP contribution in [0.4, 0.5) is 0 Å². The number of H-pyrrole nitrogens is 1. The van der Waals surface area contributed by atoms with Gasteiger partial charge in [0.05, 0.1) is 23.8 Å². The van der Waals surface area contributed by atoms with E-state index in [0.717, 1.165) is 23.7 Å². The van der Waals surface area contributed by atoms with E-state index in [1.165, 1.54) is 12.8 Å². The summed E-state index contributed by atoms with van der Waals surface area (Å²) < 4.78 is 0. The summed E-state index contributed by atoms with van der Waals surface area (Å²) in [6.45, 7) is 5.25. The lowest BCUT2D eigenvalue weighted by atomic mass is 9.80. The van der Waals surface area contributed by atoms with Crippen molar-refractivity contribution >= 4 is 5.91 Å². The van der Waals surface area contributed by atoms with E-state index in [1.54, 1.807) is 6.33 Å². The van der Waals surface area contributed by atoms with Gasteiger partial charge in [-0.2, -0.15) is 0 Å². The molecule has 4 unspecified atom stereocenters. The van der Waals surface area contributed by atoms with Gasteiger partial charge in [-0.3, -0.25) is 10.1 Å². The first-order chi connectivity index (χ1) is 9.63. The summed E-state index contributed by atoms with van der Waals surface area (Å²) in [6.07, 6.45) is 5.93. The van der Waals surface area contributed by atoms with Gasteiger partial charge in [0, 0.05) is 19.0 Å². The van der Waals surface area contributed by atoms with Crippen molar-refractivity contribution in [2.75, 3.05) is 0 Å². The first-order valence-electron chi connectivity index (χ1n) is 7.68. The van der Waals surface area contributed by atoms with Gasteiger partial charge in [0.2, 0.25) is 5.91 Å². The summed E-state index contributed by atoms with van der Waals surface area (Å²) in [5, 5.41) is 6.53. The van der Waals surface area contributed by atoms with E-state index < -0.39 is 0 Å². The van der Waals surface area contributed by atoms with E-state index in [2.05, 4.69) is 34.4 Å². The van der Waals surface area contributed by atoms with Gasteiger partial charge in [-0.05, 0) is 31.1 Å². The molecule has 5 heteroatoms. The van der Waals surface area contributed by atoms with Gasteiger partial charge in [0.25, 0.3) is 0 Å². The van der Waals surface area contributed by atoms with Crippen LogP contribution in [0.5, 0.6) is 0 Å². The molecule has 0 spiro atoms. The Morgan fingerprint density at radius 1 is 1.40 bits per heavy atom. The molecule has 2 heterocycles. The Hall–Kier alpha value is -1.36. The molecule has 1 aliphatic carbocycles. The Morgan fingerprint density at radius 3 is 3.05 bits per heavy atom. The summed E-state index contributed by atoms with van der Waals surface area (Å²) in [5.41, 5.74) is 2.13. The van der Waals surface area contributed by atoms with Gasteiger partial charge in [0.15, 0.2) is 0 Å². The molecule has 0 saturated heterocycles. The lowest BCUT2D eigenvalue weighted by Crippen LogP contribution is -2.52. The zero-order valence-corrected chi connectivity index (χ0v) is 12.3. The van der Waals surface area contributed by atoms with E-state index in [1.807, 2.05) is 0 Å². The van der Waals surface area contributed by atoms with Crippen molar-refractivity contribution in [1.82, 2.24) is 20.6 Å². The maximum absolute atomic E-state index is 12.4.